The predicted octanol–water partition coefficient (Wildman–Crippen LogP) is 0.713. The van der Waals surface area contributed by atoms with Gasteiger partial charge in [-0.05, 0) is 18.9 Å². The van der Waals surface area contributed by atoms with Gasteiger partial charge in [-0.15, -0.1) is 0 Å². The molecule has 1 aliphatic rings. The van der Waals surface area contributed by atoms with Crippen LogP contribution in [0.4, 0.5) is 0 Å². The second-order valence-corrected chi connectivity index (χ2v) is 3.32. The molecule has 1 aromatic rings. The molecule has 2 rings (SSSR count). The SMILES string of the molecule is Cc1nc(C=O)nc2c1CCOCC2. The van der Waals surface area contributed by atoms with Gasteiger partial charge in [0, 0.05) is 12.1 Å². The first-order valence-corrected chi connectivity index (χ1v) is 4.70. The Balaban J connectivity index is 2.48. The molecule has 0 fully saturated rings. The molecule has 0 spiro atoms. The molecule has 4 heteroatoms. The average Bonchev–Trinajstić information content (AvgIpc) is 2.42. The first kappa shape index (κ1) is 9.27. The lowest BCUT2D eigenvalue weighted by atomic mass is 10.1. The molecule has 0 saturated carbocycles. The van der Waals surface area contributed by atoms with Crippen molar-refractivity contribution in [2.24, 2.45) is 0 Å². The number of carbonyl (C=O) groups excluding carboxylic acids is 1. The Bertz CT molecular complexity index is 363. The van der Waals surface area contributed by atoms with Crippen LogP contribution < -0.4 is 0 Å². The average molecular weight is 192 g/mol. The second kappa shape index (κ2) is 3.84. The van der Waals surface area contributed by atoms with E-state index in [9.17, 15) is 4.79 Å². The molecule has 0 atom stereocenters. The third-order valence-electron chi connectivity index (χ3n) is 2.40. The molecule has 0 aromatic carbocycles. The van der Waals surface area contributed by atoms with E-state index in [1.54, 1.807) is 0 Å². The van der Waals surface area contributed by atoms with Crippen molar-refractivity contribution in [2.45, 2.75) is 19.8 Å². The zero-order valence-electron chi connectivity index (χ0n) is 8.12. The zero-order chi connectivity index (χ0) is 9.97. The van der Waals surface area contributed by atoms with Gasteiger partial charge in [0.25, 0.3) is 0 Å². The third kappa shape index (κ3) is 1.65. The van der Waals surface area contributed by atoms with Gasteiger partial charge < -0.3 is 4.74 Å². The lowest BCUT2D eigenvalue weighted by Gasteiger charge is -2.06. The fraction of sp³-hybridized carbons (Fsp3) is 0.500. The van der Waals surface area contributed by atoms with Gasteiger partial charge >= 0.3 is 0 Å². The summed E-state index contributed by atoms with van der Waals surface area (Å²) < 4.78 is 5.35. The van der Waals surface area contributed by atoms with E-state index in [4.69, 9.17) is 4.74 Å². The standard InChI is InChI=1S/C10H12N2O2/c1-7-8-2-4-14-5-3-9(8)12-10(6-13)11-7/h6H,2-5H2,1H3. The number of carbonyl (C=O) groups is 1. The summed E-state index contributed by atoms with van der Waals surface area (Å²) in [6.07, 6.45) is 2.32. The molecular formula is C10H12N2O2. The molecule has 0 N–H and O–H groups in total. The quantitative estimate of drug-likeness (QED) is 0.615. The van der Waals surface area contributed by atoms with Gasteiger partial charge in [-0.25, -0.2) is 9.97 Å². The van der Waals surface area contributed by atoms with E-state index >= 15 is 0 Å². The number of aryl methyl sites for hydroxylation is 1. The van der Waals surface area contributed by atoms with Crippen LogP contribution in [-0.2, 0) is 17.6 Å². The number of fused-ring (bicyclic) bond motifs is 1. The van der Waals surface area contributed by atoms with E-state index in [1.165, 1.54) is 0 Å². The highest BCUT2D eigenvalue weighted by molar-refractivity contribution is 5.69. The Morgan fingerprint density at radius 1 is 1.29 bits per heavy atom. The van der Waals surface area contributed by atoms with Crippen molar-refractivity contribution in [3.05, 3.63) is 22.8 Å². The highest BCUT2D eigenvalue weighted by Crippen LogP contribution is 2.15. The van der Waals surface area contributed by atoms with E-state index in [2.05, 4.69) is 9.97 Å². The summed E-state index contributed by atoms with van der Waals surface area (Å²) in [5.41, 5.74) is 3.02. The molecule has 1 aliphatic heterocycles. The van der Waals surface area contributed by atoms with Crippen LogP contribution in [0.25, 0.3) is 0 Å². The van der Waals surface area contributed by atoms with Gasteiger partial charge in [-0.3, -0.25) is 4.79 Å². The topological polar surface area (TPSA) is 52.1 Å². The number of ether oxygens (including phenoxy) is 1. The number of hydrogen-bond donors (Lipinski definition) is 0. The summed E-state index contributed by atoms with van der Waals surface area (Å²) >= 11 is 0. The molecule has 0 saturated heterocycles. The van der Waals surface area contributed by atoms with Crippen molar-refractivity contribution in [3.63, 3.8) is 0 Å². The maximum atomic E-state index is 10.6. The van der Waals surface area contributed by atoms with Gasteiger partial charge in [0.1, 0.15) is 0 Å². The van der Waals surface area contributed by atoms with E-state index < -0.39 is 0 Å². The molecule has 0 aliphatic carbocycles. The minimum Gasteiger partial charge on any atom is -0.381 e. The Morgan fingerprint density at radius 2 is 2.07 bits per heavy atom. The van der Waals surface area contributed by atoms with Crippen LogP contribution in [0.2, 0.25) is 0 Å². The molecule has 0 bridgehead atoms. The summed E-state index contributed by atoms with van der Waals surface area (Å²) in [5, 5.41) is 0. The first-order chi connectivity index (χ1) is 6.81. The van der Waals surface area contributed by atoms with Crippen molar-refractivity contribution in [2.75, 3.05) is 13.2 Å². The lowest BCUT2D eigenvalue weighted by molar-refractivity contribution is 0.111. The van der Waals surface area contributed by atoms with Crippen LogP contribution in [-0.4, -0.2) is 29.5 Å². The van der Waals surface area contributed by atoms with Crippen molar-refractivity contribution >= 4 is 6.29 Å². The van der Waals surface area contributed by atoms with E-state index in [1.807, 2.05) is 6.92 Å². The second-order valence-electron chi connectivity index (χ2n) is 3.32. The largest absolute Gasteiger partial charge is 0.381 e. The maximum Gasteiger partial charge on any atom is 0.193 e. The van der Waals surface area contributed by atoms with Gasteiger partial charge in [-0.1, -0.05) is 0 Å². The zero-order valence-corrected chi connectivity index (χ0v) is 8.12. The van der Waals surface area contributed by atoms with Crippen molar-refractivity contribution in [1.29, 1.82) is 0 Å². The van der Waals surface area contributed by atoms with E-state index in [0.29, 0.717) is 12.9 Å². The Morgan fingerprint density at radius 3 is 2.86 bits per heavy atom. The van der Waals surface area contributed by atoms with Crippen LogP contribution >= 0.6 is 0 Å². The lowest BCUT2D eigenvalue weighted by Crippen LogP contribution is -2.07. The normalized spacial score (nSPS) is 15.8. The summed E-state index contributed by atoms with van der Waals surface area (Å²) in [5.74, 6) is 0.281. The molecule has 74 valence electrons. The maximum absolute atomic E-state index is 10.6. The fourth-order valence-corrected chi connectivity index (χ4v) is 1.71. The van der Waals surface area contributed by atoms with Crippen LogP contribution in [0.3, 0.4) is 0 Å². The number of rotatable bonds is 1. The molecule has 1 aromatic heterocycles. The summed E-state index contributed by atoms with van der Waals surface area (Å²) in [7, 11) is 0. The molecule has 2 heterocycles. The molecule has 0 radical (unpaired) electrons. The summed E-state index contributed by atoms with van der Waals surface area (Å²) in [6.45, 7) is 3.32. The minimum atomic E-state index is 0.281. The number of hydrogen-bond acceptors (Lipinski definition) is 4. The monoisotopic (exact) mass is 192 g/mol. The van der Waals surface area contributed by atoms with E-state index in [-0.39, 0.29) is 5.82 Å². The van der Waals surface area contributed by atoms with Crippen LogP contribution in [0.5, 0.6) is 0 Å². The van der Waals surface area contributed by atoms with Crippen LogP contribution in [0.15, 0.2) is 0 Å². The minimum absolute atomic E-state index is 0.281. The summed E-state index contributed by atoms with van der Waals surface area (Å²) in [6, 6.07) is 0. The predicted molar refractivity (Wildman–Crippen MR) is 50.4 cm³/mol. The van der Waals surface area contributed by atoms with Gasteiger partial charge in [0.2, 0.25) is 0 Å². The van der Waals surface area contributed by atoms with E-state index in [0.717, 1.165) is 36.4 Å². The Kier molecular flexibility index (Phi) is 2.54. The highest BCUT2D eigenvalue weighted by atomic mass is 16.5. The Hall–Kier alpha value is -1.29. The molecule has 0 amide bonds. The molecular weight excluding hydrogens is 180 g/mol. The number of aldehydes is 1. The highest BCUT2D eigenvalue weighted by Gasteiger charge is 2.13. The van der Waals surface area contributed by atoms with Crippen molar-refractivity contribution < 1.29 is 9.53 Å². The van der Waals surface area contributed by atoms with Gasteiger partial charge in [0.05, 0.1) is 18.9 Å². The molecule has 4 nitrogen and oxygen atoms in total. The van der Waals surface area contributed by atoms with Crippen LogP contribution in [0.1, 0.15) is 27.6 Å². The number of nitrogens with zero attached hydrogens (tertiary/aromatic N) is 2. The fourth-order valence-electron chi connectivity index (χ4n) is 1.71. The van der Waals surface area contributed by atoms with Gasteiger partial charge in [-0.2, -0.15) is 0 Å². The van der Waals surface area contributed by atoms with Crippen molar-refractivity contribution in [3.8, 4) is 0 Å². The van der Waals surface area contributed by atoms with Crippen LogP contribution in [0, 0.1) is 6.92 Å². The Labute approximate surface area is 82.3 Å². The summed E-state index contributed by atoms with van der Waals surface area (Å²) in [4.78, 5) is 18.9. The first-order valence-electron chi connectivity index (χ1n) is 4.70. The van der Waals surface area contributed by atoms with Gasteiger partial charge in [0.15, 0.2) is 12.1 Å². The smallest absolute Gasteiger partial charge is 0.193 e. The third-order valence-corrected chi connectivity index (χ3v) is 2.40. The molecule has 0 unspecified atom stereocenters. The van der Waals surface area contributed by atoms with Crippen molar-refractivity contribution in [1.82, 2.24) is 9.97 Å². The number of aromatic nitrogens is 2. The molecule has 14 heavy (non-hydrogen) atoms.